The number of hydrogen-bond donors (Lipinski definition) is 3. The summed E-state index contributed by atoms with van der Waals surface area (Å²) in [4.78, 5) is 19.8. The van der Waals surface area contributed by atoms with Crippen molar-refractivity contribution in [2.75, 3.05) is 41.7 Å². The Hall–Kier alpha value is -3.39. The fourth-order valence-corrected chi connectivity index (χ4v) is 4.21. The first kappa shape index (κ1) is 21.5. The smallest absolute Gasteiger partial charge is 0.324 e. The number of nitrogens with zero attached hydrogens (tertiary/aromatic N) is 4. The monoisotopic (exact) mass is 445 g/mol. The molecule has 1 aromatic carbocycles. The standard InChI is InChI=1S/C25H31N7O/c1-17-4-6-20(7-5-17)32-22(15-21(30-32)25(3)8-9-25)29-24(33)28-19-14-18(2)23(27-16-19)31-12-10-26-11-13-31/h4-7,14-16,26H,8-13H2,1-3H3,(H2,28,29,33). The van der Waals surface area contributed by atoms with E-state index in [1.54, 1.807) is 6.20 Å². The Morgan fingerprint density at radius 1 is 1.06 bits per heavy atom. The minimum atomic E-state index is -0.313. The molecular weight excluding hydrogens is 414 g/mol. The van der Waals surface area contributed by atoms with Gasteiger partial charge < -0.3 is 15.5 Å². The Kier molecular flexibility index (Phi) is 5.54. The van der Waals surface area contributed by atoms with E-state index in [1.807, 2.05) is 48.0 Å². The fourth-order valence-electron chi connectivity index (χ4n) is 4.21. The van der Waals surface area contributed by atoms with Gasteiger partial charge in [-0.1, -0.05) is 24.6 Å². The summed E-state index contributed by atoms with van der Waals surface area (Å²) in [6, 6.07) is 11.8. The van der Waals surface area contributed by atoms with E-state index in [0.29, 0.717) is 11.5 Å². The van der Waals surface area contributed by atoms with Crippen LogP contribution in [-0.4, -0.2) is 47.0 Å². The number of aromatic nitrogens is 3. The van der Waals surface area contributed by atoms with Crippen molar-refractivity contribution >= 4 is 23.4 Å². The Bertz CT molecular complexity index is 1160. The van der Waals surface area contributed by atoms with Crippen LogP contribution in [0.3, 0.4) is 0 Å². The maximum absolute atomic E-state index is 12.9. The lowest BCUT2D eigenvalue weighted by Gasteiger charge is -2.29. The van der Waals surface area contributed by atoms with E-state index in [4.69, 9.17) is 5.10 Å². The van der Waals surface area contributed by atoms with Gasteiger partial charge in [-0.2, -0.15) is 5.10 Å². The number of hydrogen-bond acceptors (Lipinski definition) is 5. The first-order chi connectivity index (χ1) is 15.9. The van der Waals surface area contributed by atoms with Crippen molar-refractivity contribution in [2.45, 2.75) is 39.0 Å². The average molecular weight is 446 g/mol. The molecule has 2 amide bonds. The zero-order valence-corrected chi connectivity index (χ0v) is 19.5. The molecule has 2 aromatic heterocycles. The zero-order chi connectivity index (χ0) is 23.0. The second-order valence-electron chi connectivity index (χ2n) is 9.40. The van der Waals surface area contributed by atoms with E-state index >= 15 is 0 Å². The predicted molar refractivity (Wildman–Crippen MR) is 132 cm³/mol. The van der Waals surface area contributed by atoms with Crippen LogP contribution in [0.25, 0.3) is 5.69 Å². The third-order valence-electron chi connectivity index (χ3n) is 6.57. The number of nitrogens with one attached hydrogen (secondary N) is 3. The lowest BCUT2D eigenvalue weighted by molar-refractivity contribution is 0.262. The highest BCUT2D eigenvalue weighted by atomic mass is 16.2. The molecule has 1 aliphatic heterocycles. The quantitative estimate of drug-likeness (QED) is 0.553. The average Bonchev–Trinajstić information content (AvgIpc) is 3.42. The van der Waals surface area contributed by atoms with Crippen LogP contribution in [0.1, 0.15) is 36.6 Å². The lowest BCUT2D eigenvalue weighted by Crippen LogP contribution is -2.44. The van der Waals surface area contributed by atoms with Gasteiger partial charge >= 0.3 is 6.03 Å². The van der Waals surface area contributed by atoms with Crippen molar-refractivity contribution in [1.82, 2.24) is 20.1 Å². The SMILES string of the molecule is Cc1ccc(-n2nc(C3(C)CC3)cc2NC(=O)Nc2cnc(N3CCNCC3)c(C)c2)cc1. The third kappa shape index (κ3) is 4.57. The molecular formula is C25H31N7O. The van der Waals surface area contributed by atoms with Gasteiger partial charge in [-0.25, -0.2) is 14.5 Å². The van der Waals surface area contributed by atoms with Gasteiger partial charge in [-0.15, -0.1) is 0 Å². The predicted octanol–water partition coefficient (Wildman–Crippen LogP) is 3.99. The van der Waals surface area contributed by atoms with Gasteiger partial charge in [-0.05, 0) is 50.5 Å². The minimum Gasteiger partial charge on any atom is -0.354 e. The number of anilines is 3. The summed E-state index contributed by atoms with van der Waals surface area (Å²) in [7, 11) is 0. The van der Waals surface area contributed by atoms with Crippen LogP contribution in [-0.2, 0) is 5.41 Å². The van der Waals surface area contributed by atoms with E-state index < -0.39 is 0 Å². The molecule has 3 aromatic rings. The molecule has 5 rings (SSSR count). The second-order valence-corrected chi connectivity index (χ2v) is 9.40. The number of carbonyl (C=O) groups is 1. The fraction of sp³-hybridized carbons (Fsp3) is 0.400. The van der Waals surface area contributed by atoms with Gasteiger partial charge in [0.2, 0.25) is 0 Å². The topological polar surface area (TPSA) is 87.1 Å². The molecule has 0 radical (unpaired) electrons. The van der Waals surface area contributed by atoms with Gasteiger partial charge in [0.25, 0.3) is 0 Å². The Morgan fingerprint density at radius 3 is 2.45 bits per heavy atom. The number of amides is 2. The Morgan fingerprint density at radius 2 is 1.79 bits per heavy atom. The van der Waals surface area contributed by atoms with Gasteiger partial charge in [0.1, 0.15) is 11.6 Å². The molecule has 1 saturated carbocycles. The van der Waals surface area contributed by atoms with Crippen molar-refractivity contribution in [3.8, 4) is 5.69 Å². The molecule has 3 heterocycles. The number of piperazine rings is 1. The number of rotatable bonds is 5. The van der Waals surface area contributed by atoms with Crippen LogP contribution < -0.4 is 20.9 Å². The van der Waals surface area contributed by atoms with Gasteiger partial charge in [-0.3, -0.25) is 5.32 Å². The highest BCUT2D eigenvalue weighted by Gasteiger charge is 2.42. The third-order valence-corrected chi connectivity index (χ3v) is 6.57. The number of urea groups is 1. The normalized spacial score (nSPS) is 17.0. The second kappa shape index (κ2) is 8.51. The van der Waals surface area contributed by atoms with Crippen LogP contribution >= 0.6 is 0 Å². The van der Waals surface area contributed by atoms with Crippen molar-refractivity contribution < 1.29 is 4.79 Å². The number of carbonyl (C=O) groups excluding carboxylic acids is 1. The number of pyridine rings is 1. The van der Waals surface area contributed by atoms with Crippen molar-refractivity contribution in [3.05, 3.63) is 59.4 Å². The van der Waals surface area contributed by atoms with E-state index in [0.717, 1.165) is 61.8 Å². The first-order valence-corrected chi connectivity index (χ1v) is 11.6. The molecule has 0 spiro atoms. The van der Waals surface area contributed by atoms with Gasteiger partial charge in [0, 0.05) is 37.7 Å². The molecule has 1 saturated heterocycles. The maximum atomic E-state index is 12.9. The van der Waals surface area contributed by atoms with Gasteiger partial charge in [0.05, 0.1) is 23.3 Å². The maximum Gasteiger partial charge on any atom is 0.324 e. The summed E-state index contributed by atoms with van der Waals surface area (Å²) in [6.07, 6.45) is 3.96. The molecule has 3 N–H and O–H groups in total. The molecule has 0 unspecified atom stereocenters. The largest absolute Gasteiger partial charge is 0.354 e. The zero-order valence-electron chi connectivity index (χ0n) is 19.5. The van der Waals surface area contributed by atoms with Crippen LogP contribution in [0.4, 0.5) is 22.1 Å². The molecule has 0 bridgehead atoms. The van der Waals surface area contributed by atoms with Crippen LogP contribution in [0, 0.1) is 13.8 Å². The summed E-state index contributed by atoms with van der Waals surface area (Å²) in [6.45, 7) is 10.1. The van der Waals surface area contributed by atoms with Crippen molar-refractivity contribution in [2.24, 2.45) is 0 Å². The van der Waals surface area contributed by atoms with E-state index in [9.17, 15) is 4.79 Å². The Balaban J connectivity index is 1.34. The van der Waals surface area contributed by atoms with Crippen LogP contribution in [0.15, 0.2) is 42.6 Å². The molecule has 2 fully saturated rings. The molecule has 1 aliphatic carbocycles. The lowest BCUT2D eigenvalue weighted by atomic mass is 10.1. The minimum absolute atomic E-state index is 0.101. The van der Waals surface area contributed by atoms with Gasteiger partial charge in [0.15, 0.2) is 0 Å². The summed E-state index contributed by atoms with van der Waals surface area (Å²) < 4.78 is 1.81. The number of aryl methyl sites for hydroxylation is 2. The summed E-state index contributed by atoms with van der Waals surface area (Å²) in [5.41, 5.74) is 4.92. The molecule has 2 aliphatic rings. The van der Waals surface area contributed by atoms with E-state index in [2.05, 4.69) is 39.7 Å². The van der Waals surface area contributed by atoms with Crippen molar-refractivity contribution in [3.63, 3.8) is 0 Å². The first-order valence-electron chi connectivity index (χ1n) is 11.6. The highest BCUT2D eigenvalue weighted by Crippen LogP contribution is 2.47. The molecule has 8 heteroatoms. The molecule has 8 nitrogen and oxygen atoms in total. The number of benzene rings is 1. The Labute approximate surface area is 194 Å². The van der Waals surface area contributed by atoms with Crippen molar-refractivity contribution in [1.29, 1.82) is 0 Å². The molecule has 172 valence electrons. The highest BCUT2D eigenvalue weighted by molar-refractivity contribution is 5.99. The van der Waals surface area contributed by atoms with Crippen LogP contribution in [0.2, 0.25) is 0 Å². The summed E-state index contributed by atoms with van der Waals surface area (Å²) >= 11 is 0. The van der Waals surface area contributed by atoms with E-state index in [-0.39, 0.29) is 11.4 Å². The summed E-state index contributed by atoms with van der Waals surface area (Å²) in [5.74, 6) is 1.63. The molecule has 33 heavy (non-hydrogen) atoms. The summed E-state index contributed by atoms with van der Waals surface area (Å²) in [5, 5.41) is 14.1. The van der Waals surface area contributed by atoms with Crippen LogP contribution in [0.5, 0.6) is 0 Å². The van der Waals surface area contributed by atoms with E-state index in [1.165, 1.54) is 5.56 Å². The molecule has 0 atom stereocenters.